The minimum absolute atomic E-state index is 0. The Morgan fingerprint density at radius 2 is 0.542 bits per heavy atom. The maximum Gasteiger partial charge on any atom is 1.00 e. The molecule has 4 heterocycles. The van der Waals surface area contributed by atoms with Crippen LogP contribution in [0.2, 0.25) is 52.4 Å². The van der Waals surface area contributed by atoms with Gasteiger partial charge >= 0.3 is 44.8 Å². The quantitative estimate of drug-likeness (QED) is 0.142. The molecular formula is C28H40Ag2N6O8Si4. The van der Waals surface area contributed by atoms with Crippen molar-refractivity contribution in [2.24, 2.45) is 0 Å². The molecule has 0 aromatic carbocycles. The van der Waals surface area contributed by atoms with Gasteiger partial charge in [0.25, 0.3) is 0 Å². The van der Waals surface area contributed by atoms with Gasteiger partial charge in [-0.15, -0.1) is 0 Å². The van der Waals surface area contributed by atoms with Crippen LogP contribution in [0, 0.1) is 30.6 Å². The van der Waals surface area contributed by atoms with Gasteiger partial charge in [-0.3, -0.25) is 19.9 Å². The standard InChI is InChI=1S/2C14H20N2OSi2.2Ag.2NO3/c2*1-18(2,13-5-9-15-10-6-13)17-19(3,4)14-7-11-16-12-8-14;;;2*2-1(3)4/h2*5-12H,1-4H3;;;;/q;;2*+1;2*-1. The Morgan fingerprint density at radius 3 is 0.667 bits per heavy atom. The number of hydrogen-bond acceptors (Lipinski definition) is 12. The second-order valence-corrected chi connectivity index (χ2v) is 27.7. The maximum absolute atomic E-state index is 8.25. The van der Waals surface area contributed by atoms with Crippen molar-refractivity contribution < 1.29 is 63.2 Å². The van der Waals surface area contributed by atoms with E-state index in [4.69, 9.17) is 38.9 Å². The average Bonchev–Trinajstić information content (AvgIpc) is 2.98. The third kappa shape index (κ3) is 18.1. The Hall–Kier alpha value is -2.73. The van der Waals surface area contributed by atoms with Crippen molar-refractivity contribution in [3.63, 3.8) is 0 Å². The minimum Gasteiger partial charge on any atom is -0.449 e. The summed E-state index contributed by atoms with van der Waals surface area (Å²) in [7, 11) is -7.59. The zero-order valence-electron chi connectivity index (χ0n) is 27.8. The van der Waals surface area contributed by atoms with Crippen LogP contribution in [0.25, 0.3) is 0 Å². The number of hydrogen-bond donors (Lipinski definition) is 0. The van der Waals surface area contributed by atoms with Crippen LogP contribution in [-0.4, -0.2) is 63.4 Å². The molecule has 0 radical (unpaired) electrons. The van der Waals surface area contributed by atoms with Crippen molar-refractivity contribution in [3.05, 3.63) is 129 Å². The van der Waals surface area contributed by atoms with Gasteiger partial charge < -0.3 is 38.9 Å². The number of aromatic nitrogens is 4. The van der Waals surface area contributed by atoms with Gasteiger partial charge in [0, 0.05) is 49.6 Å². The van der Waals surface area contributed by atoms with Crippen molar-refractivity contribution in [3.8, 4) is 0 Å². The predicted octanol–water partition coefficient (Wildman–Crippen LogP) is 3.55. The molecule has 0 N–H and O–H groups in total. The smallest absolute Gasteiger partial charge is 0.449 e. The van der Waals surface area contributed by atoms with E-state index in [1.165, 1.54) is 20.7 Å². The van der Waals surface area contributed by atoms with E-state index in [9.17, 15) is 0 Å². The van der Waals surface area contributed by atoms with E-state index in [0.29, 0.717) is 0 Å². The summed E-state index contributed by atoms with van der Waals surface area (Å²) in [5, 5.41) is 34.7. The summed E-state index contributed by atoms with van der Waals surface area (Å²) in [6.07, 6.45) is 14.7. The Kier molecular flexibility index (Phi) is 21.8. The Labute approximate surface area is 316 Å². The van der Waals surface area contributed by atoms with Crippen LogP contribution in [0.15, 0.2) is 98.1 Å². The first-order chi connectivity index (χ1) is 21.3. The molecule has 0 saturated carbocycles. The van der Waals surface area contributed by atoms with Gasteiger partial charge in [0.2, 0.25) is 33.3 Å². The summed E-state index contributed by atoms with van der Waals surface area (Å²) in [6.45, 7) is 18.0. The van der Waals surface area contributed by atoms with E-state index in [0.717, 1.165) is 0 Å². The first-order valence-electron chi connectivity index (χ1n) is 14.0. The molecule has 268 valence electrons. The molecule has 0 atom stereocenters. The molecule has 14 nitrogen and oxygen atoms in total. The van der Waals surface area contributed by atoms with Crippen LogP contribution in [0.5, 0.6) is 0 Å². The summed E-state index contributed by atoms with van der Waals surface area (Å²) in [5.41, 5.74) is 0. The largest absolute Gasteiger partial charge is 1.00 e. The van der Waals surface area contributed by atoms with Gasteiger partial charge in [0.1, 0.15) is 0 Å². The van der Waals surface area contributed by atoms with E-state index in [-0.39, 0.29) is 44.8 Å². The molecule has 4 rings (SSSR count). The van der Waals surface area contributed by atoms with Gasteiger partial charge in [-0.2, -0.15) is 0 Å². The molecule has 0 unspecified atom stereocenters. The van der Waals surface area contributed by atoms with Crippen LogP contribution < -0.4 is 20.7 Å². The molecule has 0 aliphatic carbocycles. The first-order valence-corrected chi connectivity index (χ1v) is 25.6. The summed E-state index contributed by atoms with van der Waals surface area (Å²) in [5.74, 6) is 0. The zero-order valence-corrected chi connectivity index (χ0v) is 34.8. The Bertz CT molecular complexity index is 1270. The Balaban J connectivity index is 0. The van der Waals surface area contributed by atoms with Crippen LogP contribution in [-0.2, 0) is 53.0 Å². The van der Waals surface area contributed by atoms with E-state index in [1.54, 1.807) is 0 Å². The van der Waals surface area contributed by atoms with Crippen molar-refractivity contribution in [2.45, 2.75) is 52.4 Å². The first kappa shape index (κ1) is 47.4. The van der Waals surface area contributed by atoms with Crippen molar-refractivity contribution in [1.82, 2.24) is 19.9 Å². The topological polar surface area (TPSA) is 202 Å². The monoisotopic (exact) mass is 914 g/mol. The van der Waals surface area contributed by atoms with Gasteiger partial charge in [-0.05, 0) is 122 Å². The van der Waals surface area contributed by atoms with Crippen LogP contribution in [0.1, 0.15) is 0 Å². The number of pyridine rings is 4. The fourth-order valence-corrected chi connectivity index (χ4v) is 20.4. The molecule has 0 bridgehead atoms. The minimum atomic E-state index is -1.90. The summed E-state index contributed by atoms with van der Waals surface area (Å²) in [6, 6.07) is 16.6. The molecule has 0 fully saturated rings. The zero-order chi connectivity index (χ0) is 35.0. The third-order valence-corrected chi connectivity index (χ3v) is 21.6. The summed E-state index contributed by atoms with van der Waals surface area (Å²) < 4.78 is 13.2. The fourth-order valence-electron chi connectivity index (χ4n) is 4.52. The fraction of sp³-hybridized carbons (Fsp3) is 0.286. The molecule has 4 aromatic rings. The summed E-state index contributed by atoms with van der Waals surface area (Å²) >= 11 is 0. The normalized spacial score (nSPS) is 10.8. The second kappa shape index (κ2) is 22.1. The van der Waals surface area contributed by atoms with E-state index in [2.05, 4.69) is 121 Å². The maximum atomic E-state index is 8.25. The number of rotatable bonds is 8. The molecule has 4 aromatic heterocycles. The van der Waals surface area contributed by atoms with Gasteiger partial charge in [0.05, 0.1) is 10.2 Å². The van der Waals surface area contributed by atoms with E-state index >= 15 is 0 Å². The Morgan fingerprint density at radius 1 is 0.417 bits per heavy atom. The predicted molar refractivity (Wildman–Crippen MR) is 188 cm³/mol. The molecule has 0 spiro atoms. The van der Waals surface area contributed by atoms with Crippen molar-refractivity contribution in [1.29, 1.82) is 0 Å². The van der Waals surface area contributed by atoms with Gasteiger partial charge in [-0.25, -0.2) is 0 Å². The molecule has 0 amide bonds. The van der Waals surface area contributed by atoms with Crippen LogP contribution in [0.4, 0.5) is 0 Å². The number of nitrogens with zero attached hydrogens (tertiary/aromatic N) is 6. The van der Waals surface area contributed by atoms with E-state index in [1.807, 2.05) is 49.6 Å². The molecule has 0 aliphatic heterocycles. The average molecular weight is 917 g/mol. The molecular weight excluding hydrogens is 876 g/mol. The molecule has 48 heavy (non-hydrogen) atoms. The second-order valence-electron chi connectivity index (χ2n) is 11.6. The van der Waals surface area contributed by atoms with Crippen LogP contribution in [0.3, 0.4) is 0 Å². The van der Waals surface area contributed by atoms with Crippen molar-refractivity contribution in [2.75, 3.05) is 0 Å². The van der Waals surface area contributed by atoms with Crippen molar-refractivity contribution >= 4 is 54.0 Å². The third-order valence-electron chi connectivity index (χ3n) is 6.52. The molecule has 0 saturated heterocycles. The van der Waals surface area contributed by atoms with Crippen LogP contribution >= 0.6 is 0 Å². The molecule has 0 aliphatic rings. The van der Waals surface area contributed by atoms with E-state index < -0.39 is 43.4 Å². The summed E-state index contributed by atoms with van der Waals surface area (Å²) in [4.78, 5) is 32.8. The SMILES string of the molecule is C[Si](C)(O[Si](C)(C)c1ccncc1)c1ccncc1.C[Si](C)(O[Si](C)(C)c1ccncc1)c1ccncc1.O=[N+]([O-])[O-].O=[N+]([O-])[O-].[Ag+].[Ag+]. The van der Waals surface area contributed by atoms with Gasteiger partial charge in [0.15, 0.2) is 0 Å². The molecule has 20 heteroatoms. The van der Waals surface area contributed by atoms with Gasteiger partial charge in [-0.1, -0.05) is 0 Å².